The van der Waals surface area contributed by atoms with Crippen LogP contribution in [0.5, 0.6) is 0 Å². The van der Waals surface area contributed by atoms with E-state index < -0.39 is 32.5 Å². The van der Waals surface area contributed by atoms with Crippen molar-refractivity contribution in [3.8, 4) is 0 Å². The maximum absolute atomic E-state index is 12.8. The second-order valence-electron chi connectivity index (χ2n) is 7.34. The molecule has 1 aliphatic heterocycles. The first-order valence-corrected chi connectivity index (χ1v) is 13.4. The predicted molar refractivity (Wildman–Crippen MR) is 123 cm³/mol. The van der Waals surface area contributed by atoms with Crippen LogP contribution in [0, 0.1) is 0 Å². The zero-order valence-electron chi connectivity index (χ0n) is 18.0. The molecule has 2 aromatic rings. The number of hydrogen-bond donors (Lipinski definition) is 1. The van der Waals surface area contributed by atoms with Gasteiger partial charge in [0.25, 0.3) is 0 Å². The van der Waals surface area contributed by atoms with Crippen LogP contribution >= 0.6 is 0 Å². The highest BCUT2D eigenvalue weighted by atomic mass is 32.2. The Morgan fingerprint density at radius 3 is 2.25 bits per heavy atom. The van der Waals surface area contributed by atoms with E-state index in [1.807, 2.05) is 19.1 Å². The Hall–Kier alpha value is -2.47. The van der Waals surface area contributed by atoms with Crippen LogP contribution in [0.2, 0.25) is 0 Å². The van der Waals surface area contributed by atoms with Crippen LogP contribution in [0.25, 0.3) is 0 Å². The standard InChI is InChI=1S/C21H27N3O6S2/c1-3-17-6-4-5-7-20(17)22-21(25)16-24(31(2,26)27)18-8-10-19(11-9-18)32(28,29)23-12-14-30-15-13-23/h4-11H,3,12-16H2,1-2H3,(H,22,25). The van der Waals surface area contributed by atoms with E-state index in [1.165, 1.54) is 28.6 Å². The Labute approximate surface area is 189 Å². The van der Waals surface area contributed by atoms with Crippen molar-refractivity contribution in [3.63, 3.8) is 0 Å². The molecule has 2 aromatic carbocycles. The summed E-state index contributed by atoms with van der Waals surface area (Å²) in [4.78, 5) is 12.7. The lowest BCUT2D eigenvalue weighted by atomic mass is 10.1. The number of anilines is 2. The zero-order valence-corrected chi connectivity index (χ0v) is 19.7. The summed E-state index contributed by atoms with van der Waals surface area (Å²) in [5.41, 5.74) is 1.76. The Kier molecular flexibility index (Phi) is 7.55. The number of carbonyl (C=O) groups is 1. The van der Waals surface area contributed by atoms with Gasteiger partial charge in [0.1, 0.15) is 6.54 Å². The maximum Gasteiger partial charge on any atom is 0.245 e. The molecule has 1 amide bonds. The van der Waals surface area contributed by atoms with E-state index in [1.54, 1.807) is 12.1 Å². The second-order valence-corrected chi connectivity index (χ2v) is 11.2. The molecule has 11 heteroatoms. The van der Waals surface area contributed by atoms with E-state index >= 15 is 0 Å². The van der Waals surface area contributed by atoms with Gasteiger partial charge in [-0.15, -0.1) is 0 Å². The number of sulfonamides is 2. The van der Waals surface area contributed by atoms with Crippen molar-refractivity contribution in [2.24, 2.45) is 0 Å². The highest BCUT2D eigenvalue weighted by Crippen LogP contribution is 2.23. The fourth-order valence-corrected chi connectivity index (χ4v) is 5.66. The highest BCUT2D eigenvalue weighted by Gasteiger charge is 2.27. The van der Waals surface area contributed by atoms with Gasteiger partial charge in [-0.05, 0) is 42.3 Å². The average Bonchev–Trinajstić information content (AvgIpc) is 2.78. The molecular weight excluding hydrogens is 454 g/mol. The fraction of sp³-hybridized carbons (Fsp3) is 0.381. The summed E-state index contributed by atoms with van der Waals surface area (Å²) in [7, 11) is -7.50. The zero-order chi connectivity index (χ0) is 23.4. The minimum Gasteiger partial charge on any atom is -0.379 e. The van der Waals surface area contributed by atoms with Crippen LogP contribution < -0.4 is 9.62 Å². The summed E-state index contributed by atoms with van der Waals surface area (Å²) < 4.78 is 57.8. The van der Waals surface area contributed by atoms with E-state index in [0.29, 0.717) is 25.3 Å². The molecule has 174 valence electrons. The van der Waals surface area contributed by atoms with Gasteiger partial charge in [0.2, 0.25) is 26.0 Å². The number of nitrogens with zero attached hydrogens (tertiary/aromatic N) is 2. The Bertz CT molecular complexity index is 1160. The molecule has 0 radical (unpaired) electrons. The van der Waals surface area contributed by atoms with E-state index in [0.717, 1.165) is 16.1 Å². The number of morpholine rings is 1. The van der Waals surface area contributed by atoms with E-state index in [2.05, 4.69) is 5.32 Å². The van der Waals surface area contributed by atoms with Crippen LogP contribution in [-0.4, -0.2) is 66.2 Å². The summed E-state index contributed by atoms with van der Waals surface area (Å²) in [6, 6.07) is 12.8. The number of nitrogens with one attached hydrogen (secondary N) is 1. The van der Waals surface area contributed by atoms with Gasteiger partial charge in [-0.3, -0.25) is 9.10 Å². The van der Waals surface area contributed by atoms with Gasteiger partial charge in [0.15, 0.2) is 0 Å². The van der Waals surface area contributed by atoms with E-state index in [4.69, 9.17) is 4.74 Å². The quantitative estimate of drug-likeness (QED) is 0.614. The molecule has 0 aromatic heterocycles. The van der Waals surface area contributed by atoms with Gasteiger partial charge < -0.3 is 10.1 Å². The normalized spacial score (nSPS) is 15.3. The van der Waals surface area contributed by atoms with Crippen molar-refractivity contribution in [2.75, 3.05) is 48.7 Å². The van der Waals surface area contributed by atoms with Crippen molar-refractivity contribution >= 4 is 37.3 Å². The van der Waals surface area contributed by atoms with Crippen LogP contribution in [0.4, 0.5) is 11.4 Å². The molecule has 0 aliphatic carbocycles. The summed E-state index contributed by atoms with van der Waals surface area (Å²) in [5, 5.41) is 2.75. The fourth-order valence-electron chi connectivity index (χ4n) is 3.39. The number of aryl methyl sites for hydroxylation is 1. The number of ether oxygens (including phenoxy) is 1. The molecule has 0 saturated carbocycles. The minimum atomic E-state index is -3.79. The first kappa shape index (κ1) is 24.2. The molecule has 0 atom stereocenters. The molecule has 9 nitrogen and oxygen atoms in total. The van der Waals surface area contributed by atoms with Gasteiger partial charge in [0.05, 0.1) is 30.1 Å². The molecule has 1 heterocycles. The Morgan fingerprint density at radius 2 is 1.66 bits per heavy atom. The minimum absolute atomic E-state index is 0.0536. The lowest BCUT2D eigenvalue weighted by molar-refractivity contribution is -0.114. The summed E-state index contributed by atoms with van der Waals surface area (Å²) in [6.07, 6.45) is 1.71. The largest absolute Gasteiger partial charge is 0.379 e. The van der Waals surface area contributed by atoms with Crippen LogP contribution in [0.1, 0.15) is 12.5 Å². The summed E-state index contributed by atoms with van der Waals surface area (Å²) in [6.45, 7) is 2.70. The van der Waals surface area contributed by atoms with Crippen molar-refractivity contribution < 1.29 is 26.4 Å². The molecule has 1 fully saturated rings. The third kappa shape index (κ3) is 5.66. The number of carbonyl (C=O) groups excluding carboxylic acids is 1. The third-order valence-corrected chi connectivity index (χ3v) is 8.15. The van der Waals surface area contributed by atoms with Gasteiger partial charge >= 0.3 is 0 Å². The van der Waals surface area contributed by atoms with Gasteiger partial charge in [-0.1, -0.05) is 25.1 Å². The molecular formula is C21H27N3O6S2. The topological polar surface area (TPSA) is 113 Å². The SMILES string of the molecule is CCc1ccccc1NC(=O)CN(c1ccc(S(=O)(=O)N2CCOCC2)cc1)S(C)(=O)=O. The van der Waals surface area contributed by atoms with Crippen molar-refractivity contribution in [1.29, 1.82) is 0 Å². The monoisotopic (exact) mass is 481 g/mol. The van der Waals surface area contributed by atoms with Gasteiger partial charge in [-0.25, -0.2) is 16.8 Å². The van der Waals surface area contributed by atoms with E-state index in [9.17, 15) is 21.6 Å². The first-order chi connectivity index (χ1) is 15.1. The highest BCUT2D eigenvalue weighted by molar-refractivity contribution is 7.92. The summed E-state index contributed by atoms with van der Waals surface area (Å²) >= 11 is 0. The Morgan fingerprint density at radius 1 is 1.03 bits per heavy atom. The van der Waals surface area contributed by atoms with Crippen LogP contribution in [0.3, 0.4) is 0 Å². The van der Waals surface area contributed by atoms with E-state index in [-0.39, 0.29) is 23.7 Å². The van der Waals surface area contributed by atoms with Crippen molar-refractivity contribution in [1.82, 2.24) is 4.31 Å². The summed E-state index contributed by atoms with van der Waals surface area (Å²) in [5.74, 6) is -0.499. The predicted octanol–water partition coefficient (Wildman–Crippen LogP) is 1.67. The maximum atomic E-state index is 12.8. The smallest absolute Gasteiger partial charge is 0.245 e. The molecule has 0 bridgehead atoms. The number of hydrogen-bond acceptors (Lipinski definition) is 6. The molecule has 1 N–H and O–H groups in total. The van der Waals surface area contributed by atoms with Crippen LogP contribution in [0.15, 0.2) is 53.4 Å². The molecule has 32 heavy (non-hydrogen) atoms. The lowest BCUT2D eigenvalue weighted by Gasteiger charge is -2.26. The molecule has 3 rings (SSSR count). The number of benzene rings is 2. The van der Waals surface area contributed by atoms with Gasteiger partial charge in [-0.2, -0.15) is 4.31 Å². The number of rotatable bonds is 8. The number of amides is 1. The van der Waals surface area contributed by atoms with Crippen molar-refractivity contribution in [3.05, 3.63) is 54.1 Å². The average molecular weight is 482 g/mol. The molecule has 1 saturated heterocycles. The number of para-hydroxylation sites is 1. The third-order valence-electron chi connectivity index (χ3n) is 5.09. The Balaban J connectivity index is 1.80. The first-order valence-electron chi connectivity index (χ1n) is 10.2. The molecule has 0 unspecified atom stereocenters. The molecule has 1 aliphatic rings. The lowest BCUT2D eigenvalue weighted by Crippen LogP contribution is -2.40. The second kappa shape index (κ2) is 9.99. The van der Waals surface area contributed by atoms with Crippen molar-refractivity contribution in [2.45, 2.75) is 18.2 Å². The molecule has 0 spiro atoms. The van der Waals surface area contributed by atoms with Gasteiger partial charge in [0, 0.05) is 18.8 Å². The van der Waals surface area contributed by atoms with Crippen LogP contribution in [-0.2, 0) is 36.0 Å².